The quantitative estimate of drug-likeness (QED) is 0.841. The van der Waals surface area contributed by atoms with Crippen molar-refractivity contribution < 1.29 is 9.53 Å². The number of aromatic nitrogens is 2. The number of hydrogen-bond acceptors (Lipinski definition) is 5. The van der Waals surface area contributed by atoms with Gasteiger partial charge in [-0.05, 0) is 23.8 Å². The second-order valence-corrected chi connectivity index (χ2v) is 5.81. The number of nitrogens with zero attached hydrogens (tertiary/aromatic N) is 2. The topological polar surface area (TPSA) is 64.1 Å². The van der Waals surface area contributed by atoms with Gasteiger partial charge in [-0.1, -0.05) is 40.6 Å². The van der Waals surface area contributed by atoms with Crippen molar-refractivity contribution >= 4 is 51.7 Å². The van der Waals surface area contributed by atoms with Crippen LogP contribution in [0.2, 0.25) is 10.0 Å². The molecule has 1 aromatic carbocycles. The largest absolute Gasteiger partial charge is 0.377 e. The van der Waals surface area contributed by atoms with Gasteiger partial charge in [-0.15, -0.1) is 10.2 Å². The minimum atomic E-state index is -0.304. The third kappa shape index (κ3) is 4.78. The molecule has 0 aliphatic carbocycles. The van der Waals surface area contributed by atoms with E-state index in [1.165, 1.54) is 17.4 Å². The molecule has 8 heteroatoms. The maximum Gasteiger partial charge on any atom is 0.250 e. The van der Waals surface area contributed by atoms with Crippen molar-refractivity contribution in [3.63, 3.8) is 0 Å². The molecule has 1 amide bonds. The van der Waals surface area contributed by atoms with Crippen LogP contribution < -0.4 is 5.32 Å². The van der Waals surface area contributed by atoms with Crippen molar-refractivity contribution in [2.45, 2.75) is 6.61 Å². The number of methoxy groups -OCH3 is 1. The summed E-state index contributed by atoms with van der Waals surface area (Å²) < 4.78 is 4.93. The molecular weight excluding hydrogens is 333 g/mol. The summed E-state index contributed by atoms with van der Waals surface area (Å²) in [5.41, 5.74) is 0.775. The van der Waals surface area contributed by atoms with E-state index in [9.17, 15) is 4.79 Å². The fourth-order valence-electron chi connectivity index (χ4n) is 1.42. The maximum absolute atomic E-state index is 11.8. The number of nitrogens with one attached hydrogen (secondary N) is 1. The lowest BCUT2D eigenvalue weighted by molar-refractivity contribution is -0.111. The van der Waals surface area contributed by atoms with Crippen LogP contribution in [0.5, 0.6) is 0 Å². The normalized spacial score (nSPS) is 11.0. The van der Waals surface area contributed by atoms with E-state index in [1.54, 1.807) is 31.4 Å². The van der Waals surface area contributed by atoms with Crippen molar-refractivity contribution in [2.75, 3.05) is 12.4 Å². The van der Waals surface area contributed by atoms with Crippen LogP contribution in [0.15, 0.2) is 24.3 Å². The Morgan fingerprint density at radius 3 is 2.90 bits per heavy atom. The predicted octanol–water partition coefficient (Wildman–Crippen LogP) is 3.64. The summed E-state index contributed by atoms with van der Waals surface area (Å²) in [7, 11) is 1.57. The number of benzene rings is 1. The SMILES string of the molecule is COCc1nnc(NC(=O)/C=C/c2ccc(Cl)c(Cl)c2)s1. The van der Waals surface area contributed by atoms with Gasteiger partial charge in [-0.3, -0.25) is 10.1 Å². The summed E-state index contributed by atoms with van der Waals surface area (Å²) in [5.74, 6) is -0.304. The molecule has 0 atom stereocenters. The molecule has 0 radical (unpaired) electrons. The highest BCUT2D eigenvalue weighted by atomic mass is 35.5. The van der Waals surface area contributed by atoms with Crippen molar-refractivity contribution in [1.29, 1.82) is 0 Å². The van der Waals surface area contributed by atoms with E-state index in [0.717, 1.165) is 5.56 Å². The Morgan fingerprint density at radius 2 is 2.19 bits per heavy atom. The first-order valence-electron chi connectivity index (χ1n) is 5.84. The number of carbonyl (C=O) groups is 1. The van der Waals surface area contributed by atoms with Crippen LogP contribution in [0.3, 0.4) is 0 Å². The molecule has 2 aromatic rings. The first-order chi connectivity index (χ1) is 10.1. The smallest absolute Gasteiger partial charge is 0.250 e. The second-order valence-electron chi connectivity index (χ2n) is 3.93. The third-order valence-corrected chi connectivity index (χ3v) is 3.89. The van der Waals surface area contributed by atoms with Crippen molar-refractivity contribution in [1.82, 2.24) is 10.2 Å². The lowest BCUT2D eigenvalue weighted by Gasteiger charge is -1.98. The monoisotopic (exact) mass is 343 g/mol. The zero-order valence-electron chi connectivity index (χ0n) is 11.0. The third-order valence-electron chi connectivity index (χ3n) is 2.34. The summed E-state index contributed by atoms with van der Waals surface area (Å²) in [6, 6.07) is 5.11. The molecule has 0 bridgehead atoms. The van der Waals surface area contributed by atoms with Crippen LogP contribution in [0.4, 0.5) is 5.13 Å². The fourth-order valence-corrected chi connectivity index (χ4v) is 2.44. The minimum absolute atomic E-state index is 0.304. The first-order valence-corrected chi connectivity index (χ1v) is 7.41. The predicted molar refractivity (Wildman–Crippen MR) is 84.7 cm³/mol. The average molecular weight is 344 g/mol. The van der Waals surface area contributed by atoms with Crippen molar-refractivity contribution in [2.24, 2.45) is 0 Å². The van der Waals surface area contributed by atoms with E-state index >= 15 is 0 Å². The highest BCUT2D eigenvalue weighted by Crippen LogP contribution is 2.23. The van der Waals surface area contributed by atoms with E-state index in [0.29, 0.717) is 26.8 Å². The van der Waals surface area contributed by atoms with Gasteiger partial charge in [0, 0.05) is 13.2 Å². The average Bonchev–Trinajstić information content (AvgIpc) is 2.88. The number of ether oxygens (including phenoxy) is 1. The first kappa shape index (κ1) is 15.9. The van der Waals surface area contributed by atoms with E-state index in [4.69, 9.17) is 27.9 Å². The minimum Gasteiger partial charge on any atom is -0.377 e. The molecule has 2 rings (SSSR count). The van der Waals surface area contributed by atoms with Crippen LogP contribution in [0.25, 0.3) is 6.08 Å². The highest BCUT2D eigenvalue weighted by molar-refractivity contribution is 7.15. The fraction of sp³-hybridized carbons (Fsp3) is 0.154. The summed E-state index contributed by atoms with van der Waals surface area (Å²) in [6.45, 7) is 0.368. The lowest BCUT2D eigenvalue weighted by Crippen LogP contribution is -2.07. The Labute approximate surface area is 135 Å². The molecule has 110 valence electrons. The lowest BCUT2D eigenvalue weighted by atomic mass is 10.2. The zero-order chi connectivity index (χ0) is 15.2. The summed E-state index contributed by atoms with van der Waals surface area (Å²) >= 11 is 13.0. The van der Waals surface area contributed by atoms with Gasteiger partial charge in [0.1, 0.15) is 11.6 Å². The van der Waals surface area contributed by atoms with E-state index < -0.39 is 0 Å². The molecule has 1 aromatic heterocycles. The second kappa shape index (κ2) is 7.51. The van der Waals surface area contributed by atoms with Gasteiger partial charge in [-0.2, -0.15) is 0 Å². The number of carbonyl (C=O) groups excluding carboxylic acids is 1. The van der Waals surface area contributed by atoms with Gasteiger partial charge >= 0.3 is 0 Å². The van der Waals surface area contributed by atoms with Crippen LogP contribution in [0.1, 0.15) is 10.6 Å². The van der Waals surface area contributed by atoms with Crippen LogP contribution in [-0.4, -0.2) is 23.2 Å². The molecule has 1 N–H and O–H groups in total. The molecule has 0 spiro atoms. The number of anilines is 1. The maximum atomic E-state index is 11.8. The Balaban J connectivity index is 1.96. The van der Waals surface area contributed by atoms with E-state index in [1.807, 2.05) is 0 Å². The molecule has 21 heavy (non-hydrogen) atoms. The number of hydrogen-bond donors (Lipinski definition) is 1. The van der Waals surface area contributed by atoms with Crippen LogP contribution in [-0.2, 0) is 16.1 Å². The van der Waals surface area contributed by atoms with Gasteiger partial charge in [-0.25, -0.2) is 0 Å². The highest BCUT2D eigenvalue weighted by Gasteiger charge is 2.06. The van der Waals surface area contributed by atoms with Crippen LogP contribution >= 0.6 is 34.5 Å². The molecular formula is C13H11Cl2N3O2S. The Morgan fingerprint density at radius 1 is 1.38 bits per heavy atom. The molecule has 0 saturated carbocycles. The van der Waals surface area contributed by atoms with E-state index in [2.05, 4.69) is 15.5 Å². The van der Waals surface area contributed by atoms with Crippen LogP contribution in [0, 0.1) is 0 Å². The van der Waals surface area contributed by atoms with Gasteiger partial charge in [0.05, 0.1) is 10.0 Å². The summed E-state index contributed by atoms with van der Waals surface area (Å²) in [4.78, 5) is 11.8. The van der Waals surface area contributed by atoms with E-state index in [-0.39, 0.29) is 5.91 Å². The van der Waals surface area contributed by atoms with Crippen molar-refractivity contribution in [3.05, 3.63) is 44.9 Å². The van der Waals surface area contributed by atoms with Gasteiger partial charge in [0.25, 0.3) is 0 Å². The number of rotatable bonds is 5. The number of halogens is 2. The summed E-state index contributed by atoms with van der Waals surface area (Å²) in [5, 5.41) is 12.4. The van der Waals surface area contributed by atoms with Gasteiger partial charge in [0.2, 0.25) is 11.0 Å². The number of amides is 1. The van der Waals surface area contributed by atoms with Crippen molar-refractivity contribution in [3.8, 4) is 0 Å². The molecule has 5 nitrogen and oxygen atoms in total. The molecule has 0 saturated heterocycles. The molecule has 0 unspecified atom stereocenters. The summed E-state index contributed by atoms with van der Waals surface area (Å²) in [6.07, 6.45) is 3.02. The molecule has 0 aliphatic rings. The Kier molecular flexibility index (Phi) is 5.69. The Hall–Kier alpha value is -1.47. The zero-order valence-corrected chi connectivity index (χ0v) is 13.3. The Bertz CT molecular complexity index is 673. The van der Waals surface area contributed by atoms with Gasteiger partial charge in [0.15, 0.2) is 0 Å². The molecule has 0 fully saturated rings. The van der Waals surface area contributed by atoms with Gasteiger partial charge < -0.3 is 4.74 Å². The molecule has 1 heterocycles. The molecule has 0 aliphatic heterocycles. The standard InChI is InChI=1S/C13H11Cl2N3O2S/c1-20-7-12-17-18-13(21-12)16-11(19)5-3-8-2-4-9(14)10(15)6-8/h2-6H,7H2,1H3,(H,16,18,19)/b5-3+.